The van der Waals surface area contributed by atoms with Crippen LogP contribution in [0.1, 0.15) is 46.5 Å². The van der Waals surface area contributed by atoms with Gasteiger partial charge < -0.3 is 15.7 Å². The molecular weight excluding hydrogens is 228 g/mol. The van der Waals surface area contributed by atoms with Crippen molar-refractivity contribution in [1.29, 1.82) is 0 Å². The molecule has 0 aliphatic heterocycles. The lowest BCUT2D eigenvalue weighted by Crippen LogP contribution is -2.46. The molecule has 1 fully saturated rings. The van der Waals surface area contributed by atoms with Gasteiger partial charge in [0.1, 0.15) is 0 Å². The Bertz CT molecular complexity index is 263. The van der Waals surface area contributed by atoms with Gasteiger partial charge in [-0.25, -0.2) is 0 Å². The van der Waals surface area contributed by atoms with Crippen molar-refractivity contribution in [3.05, 3.63) is 0 Å². The SMILES string of the molecule is CC1CC(N)CCC1C(=O)N(CCCO)C(C)C. The van der Waals surface area contributed by atoms with E-state index in [1.54, 1.807) is 0 Å². The van der Waals surface area contributed by atoms with Gasteiger partial charge in [0, 0.05) is 31.2 Å². The van der Waals surface area contributed by atoms with Crippen molar-refractivity contribution in [3.63, 3.8) is 0 Å². The number of hydrogen-bond acceptors (Lipinski definition) is 3. The van der Waals surface area contributed by atoms with Gasteiger partial charge in [-0.15, -0.1) is 0 Å². The molecule has 3 atom stereocenters. The van der Waals surface area contributed by atoms with E-state index in [-0.39, 0.29) is 30.5 Å². The minimum Gasteiger partial charge on any atom is -0.396 e. The average Bonchev–Trinajstić information content (AvgIpc) is 2.28. The second kappa shape index (κ2) is 7.10. The predicted octanol–water partition coefficient (Wildman–Crippen LogP) is 1.37. The Morgan fingerprint density at radius 1 is 1.44 bits per heavy atom. The summed E-state index contributed by atoms with van der Waals surface area (Å²) in [4.78, 5) is 14.5. The third-order valence-electron chi connectivity index (χ3n) is 3.99. The van der Waals surface area contributed by atoms with Gasteiger partial charge >= 0.3 is 0 Å². The van der Waals surface area contributed by atoms with Crippen LogP contribution in [0.2, 0.25) is 0 Å². The lowest BCUT2D eigenvalue weighted by molar-refractivity contribution is -0.140. The van der Waals surface area contributed by atoms with Gasteiger partial charge in [-0.2, -0.15) is 0 Å². The Kier molecular flexibility index (Phi) is 6.09. The van der Waals surface area contributed by atoms with E-state index in [1.807, 2.05) is 18.7 Å². The lowest BCUT2D eigenvalue weighted by atomic mass is 9.77. The van der Waals surface area contributed by atoms with E-state index in [9.17, 15) is 4.79 Å². The van der Waals surface area contributed by atoms with Crippen molar-refractivity contribution in [3.8, 4) is 0 Å². The lowest BCUT2D eigenvalue weighted by Gasteiger charge is -2.37. The fraction of sp³-hybridized carbons (Fsp3) is 0.929. The molecule has 1 saturated carbocycles. The van der Waals surface area contributed by atoms with Crippen molar-refractivity contribution in [2.45, 2.75) is 58.5 Å². The molecule has 4 nitrogen and oxygen atoms in total. The molecule has 1 amide bonds. The molecule has 3 unspecified atom stereocenters. The maximum Gasteiger partial charge on any atom is 0.226 e. The third kappa shape index (κ3) is 3.95. The van der Waals surface area contributed by atoms with Crippen LogP contribution in [0, 0.1) is 11.8 Å². The largest absolute Gasteiger partial charge is 0.396 e. The van der Waals surface area contributed by atoms with Crippen LogP contribution in [0.25, 0.3) is 0 Å². The molecule has 0 aromatic rings. The minimum absolute atomic E-state index is 0.117. The number of carbonyl (C=O) groups excluding carboxylic acids is 1. The van der Waals surface area contributed by atoms with Gasteiger partial charge in [0.15, 0.2) is 0 Å². The fourth-order valence-corrected chi connectivity index (χ4v) is 2.88. The molecule has 0 heterocycles. The van der Waals surface area contributed by atoms with Gasteiger partial charge in [0.05, 0.1) is 0 Å². The molecule has 106 valence electrons. The molecule has 0 saturated heterocycles. The molecular formula is C14H28N2O2. The van der Waals surface area contributed by atoms with Crippen molar-refractivity contribution >= 4 is 5.91 Å². The monoisotopic (exact) mass is 256 g/mol. The predicted molar refractivity (Wildman–Crippen MR) is 73.0 cm³/mol. The third-order valence-corrected chi connectivity index (χ3v) is 3.99. The van der Waals surface area contributed by atoms with E-state index in [1.165, 1.54) is 0 Å². The summed E-state index contributed by atoms with van der Waals surface area (Å²) < 4.78 is 0. The van der Waals surface area contributed by atoms with E-state index in [0.717, 1.165) is 19.3 Å². The second-order valence-corrected chi connectivity index (χ2v) is 5.86. The first-order chi connectivity index (χ1) is 8.47. The van der Waals surface area contributed by atoms with Crippen LogP contribution in [0.5, 0.6) is 0 Å². The first kappa shape index (κ1) is 15.4. The number of nitrogens with two attached hydrogens (primary N) is 1. The fourth-order valence-electron chi connectivity index (χ4n) is 2.88. The highest BCUT2D eigenvalue weighted by Crippen LogP contribution is 2.31. The minimum atomic E-state index is 0.117. The molecule has 0 aromatic heterocycles. The summed E-state index contributed by atoms with van der Waals surface area (Å²) in [5.41, 5.74) is 5.95. The smallest absolute Gasteiger partial charge is 0.226 e. The second-order valence-electron chi connectivity index (χ2n) is 5.86. The topological polar surface area (TPSA) is 66.6 Å². The standard InChI is InChI=1S/C14H28N2O2/c1-10(2)16(7-4-8-17)14(18)13-6-5-12(15)9-11(13)3/h10-13,17H,4-9,15H2,1-3H3. The quantitative estimate of drug-likeness (QED) is 0.780. The zero-order valence-electron chi connectivity index (χ0n) is 11.9. The van der Waals surface area contributed by atoms with Crippen LogP contribution in [0.4, 0.5) is 0 Å². The molecule has 1 aliphatic rings. The number of hydrogen-bond donors (Lipinski definition) is 2. The first-order valence-electron chi connectivity index (χ1n) is 7.14. The van der Waals surface area contributed by atoms with E-state index in [0.29, 0.717) is 18.9 Å². The van der Waals surface area contributed by atoms with E-state index < -0.39 is 0 Å². The Balaban J connectivity index is 2.64. The zero-order valence-corrected chi connectivity index (χ0v) is 11.9. The summed E-state index contributed by atoms with van der Waals surface area (Å²) >= 11 is 0. The molecule has 1 rings (SSSR count). The maximum atomic E-state index is 12.6. The molecule has 0 spiro atoms. The van der Waals surface area contributed by atoms with Crippen LogP contribution in [0.3, 0.4) is 0 Å². The van der Waals surface area contributed by atoms with E-state index in [2.05, 4.69) is 6.92 Å². The summed E-state index contributed by atoms with van der Waals surface area (Å²) in [6.07, 6.45) is 3.46. The van der Waals surface area contributed by atoms with Crippen molar-refractivity contribution in [1.82, 2.24) is 4.90 Å². The summed E-state index contributed by atoms with van der Waals surface area (Å²) in [7, 11) is 0. The molecule has 18 heavy (non-hydrogen) atoms. The average molecular weight is 256 g/mol. The van der Waals surface area contributed by atoms with Crippen LogP contribution in [-0.4, -0.2) is 41.1 Å². The zero-order chi connectivity index (χ0) is 13.7. The normalized spacial score (nSPS) is 28.4. The van der Waals surface area contributed by atoms with Gasteiger partial charge in [0.25, 0.3) is 0 Å². The highest BCUT2D eigenvalue weighted by atomic mass is 16.3. The van der Waals surface area contributed by atoms with Gasteiger partial charge in [-0.05, 0) is 45.4 Å². The summed E-state index contributed by atoms with van der Waals surface area (Å²) in [5.74, 6) is 0.736. The van der Waals surface area contributed by atoms with Gasteiger partial charge in [-0.3, -0.25) is 4.79 Å². The Labute approximate surface area is 111 Å². The maximum absolute atomic E-state index is 12.6. The van der Waals surface area contributed by atoms with Crippen LogP contribution in [0.15, 0.2) is 0 Å². The molecule has 4 heteroatoms. The van der Waals surface area contributed by atoms with Gasteiger partial charge in [0.2, 0.25) is 5.91 Å². The number of aliphatic hydroxyl groups excluding tert-OH is 1. The number of rotatable bonds is 5. The summed E-state index contributed by atoms with van der Waals surface area (Å²) in [5, 5.41) is 8.92. The van der Waals surface area contributed by atoms with Crippen LogP contribution >= 0.6 is 0 Å². The van der Waals surface area contributed by atoms with E-state index >= 15 is 0 Å². The molecule has 0 radical (unpaired) electrons. The highest BCUT2D eigenvalue weighted by Gasteiger charge is 2.34. The van der Waals surface area contributed by atoms with Crippen LogP contribution in [-0.2, 0) is 4.79 Å². The number of aliphatic hydroxyl groups is 1. The molecule has 0 aromatic carbocycles. The summed E-state index contributed by atoms with van der Waals surface area (Å²) in [6, 6.07) is 0.459. The van der Waals surface area contributed by atoms with Crippen molar-refractivity contribution in [2.75, 3.05) is 13.2 Å². The molecule has 0 bridgehead atoms. The van der Waals surface area contributed by atoms with E-state index in [4.69, 9.17) is 10.8 Å². The van der Waals surface area contributed by atoms with Gasteiger partial charge in [-0.1, -0.05) is 6.92 Å². The first-order valence-corrected chi connectivity index (χ1v) is 7.14. The number of amides is 1. The Hall–Kier alpha value is -0.610. The van der Waals surface area contributed by atoms with Crippen molar-refractivity contribution in [2.24, 2.45) is 17.6 Å². The summed E-state index contributed by atoms with van der Waals surface area (Å²) in [6.45, 7) is 7.00. The number of carbonyl (C=O) groups is 1. The van der Waals surface area contributed by atoms with Crippen LogP contribution < -0.4 is 5.73 Å². The highest BCUT2D eigenvalue weighted by molar-refractivity contribution is 5.79. The molecule has 3 N–H and O–H groups in total. The van der Waals surface area contributed by atoms with Crippen molar-refractivity contribution < 1.29 is 9.90 Å². The Morgan fingerprint density at radius 2 is 2.11 bits per heavy atom. The molecule has 1 aliphatic carbocycles. The Morgan fingerprint density at radius 3 is 2.61 bits per heavy atom. The number of nitrogens with zero attached hydrogens (tertiary/aromatic N) is 1.